The van der Waals surface area contributed by atoms with Gasteiger partial charge < -0.3 is 14.5 Å². The highest BCUT2D eigenvalue weighted by atomic mass is 16.5. The van der Waals surface area contributed by atoms with Gasteiger partial charge in [0.25, 0.3) is 0 Å². The molecule has 2 aromatic rings. The number of anilines is 1. The average molecular weight is 338 g/mol. The Hall–Kier alpha value is -2.49. The van der Waals surface area contributed by atoms with Crippen LogP contribution in [0.15, 0.2) is 48.5 Å². The van der Waals surface area contributed by atoms with Gasteiger partial charge in [-0.1, -0.05) is 43.3 Å². The quantitative estimate of drug-likeness (QED) is 0.840. The highest BCUT2D eigenvalue weighted by Gasteiger charge is 2.22. The summed E-state index contributed by atoms with van der Waals surface area (Å²) in [6, 6.07) is 16.4. The van der Waals surface area contributed by atoms with Crippen LogP contribution in [-0.2, 0) is 17.6 Å². The molecule has 0 N–H and O–H groups in total. The van der Waals surface area contributed by atoms with E-state index >= 15 is 0 Å². The van der Waals surface area contributed by atoms with Crippen molar-refractivity contribution >= 4 is 11.6 Å². The molecule has 0 aliphatic carbocycles. The first-order chi connectivity index (χ1) is 12.2. The number of nitrogens with zero attached hydrogens (tertiary/aromatic N) is 2. The Balaban J connectivity index is 1.57. The minimum atomic E-state index is 0.212. The number of aryl methyl sites for hydroxylation is 1. The van der Waals surface area contributed by atoms with Gasteiger partial charge >= 0.3 is 0 Å². The third-order valence-electron chi connectivity index (χ3n) is 4.84. The lowest BCUT2D eigenvalue weighted by molar-refractivity contribution is -0.130. The molecule has 1 aliphatic rings. The topological polar surface area (TPSA) is 32.8 Å². The number of carbonyl (C=O) groups excluding carboxylic acids is 1. The van der Waals surface area contributed by atoms with Gasteiger partial charge in [0.1, 0.15) is 5.75 Å². The molecule has 0 saturated carbocycles. The monoisotopic (exact) mass is 338 g/mol. The van der Waals surface area contributed by atoms with E-state index < -0.39 is 0 Å². The number of methoxy groups -OCH3 is 1. The molecule has 2 aromatic carbocycles. The van der Waals surface area contributed by atoms with E-state index in [0.717, 1.165) is 49.6 Å². The zero-order chi connectivity index (χ0) is 17.6. The molecule has 4 heteroatoms. The van der Waals surface area contributed by atoms with Gasteiger partial charge in [0, 0.05) is 26.2 Å². The fourth-order valence-corrected chi connectivity index (χ4v) is 3.27. The molecule has 0 unspecified atom stereocenters. The summed E-state index contributed by atoms with van der Waals surface area (Å²) in [5.74, 6) is 1.10. The maximum Gasteiger partial charge on any atom is 0.227 e. The van der Waals surface area contributed by atoms with Gasteiger partial charge in [0.2, 0.25) is 5.91 Å². The maximum absolute atomic E-state index is 12.6. The Morgan fingerprint density at radius 1 is 0.960 bits per heavy atom. The molecule has 0 spiro atoms. The van der Waals surface area contributed by atoms with Crippen LogP contribution >= 0.6 is 0 Å². The van der Waals surface area contributed by atoms with E-state index in [1.807, 2.05) is 23.1 Å². The van der Waals surface area contributed by atoms with E-state index in [1.54, 1.807) is 7.11 Å². The predicted molar refractivity (Wildman–Crippen MR) is 101 cm³/mol. The SMILES string of the molecule is CCc1ccc(CC(=O)N2CCN(c3ccccc3OC)CC2)cc1. The van der Waals surface area contributed by atoms with Crippen LogP contribution in [0.5, 0.6) is 5.75 Å². The molecule has 1 fully saturated rings. The number of ether oxygens (including phenoxy) is 1. The molecule has 132 valence electrons. The van der Waals surface area contributed by atoms with Crippen molar-refractivity contribution in [3.8, 4) is 5.75 Å². The molecule has 0 atom stereocenters. The Labute approximate surface area is 150 Å². The Kier molecular flexibility index (Phi) is 5.59. The van der Waals surface area contributed by atoms with Crippen LogP contribution in [0.1, 0.15) is 18.1 Å². The average Bonchev–Trinajstić information content (AvgIpc) is 2.68. The standard InChI is InChI=1S/C21H26N2O2/c1-3-17-8-10-18(11-9-17)16-21(24)23-14-12-22(13-15-23)19-6-4-5-7-20(19)25-2/h4-11H,3,12-16H2,1-2H3. The minimum Gasteiger partial charge on any atom is -0.495 e. The van der Waals surface area contributed by atoms with Crippen LogP contribution in [-0.4, -0.2) is 44.1 Å². The summed E-state index contributed by atoms with van der Waals surface area (Å²) in [5.41, 5.74) is 3.50. The molecule has 0 radical (unpaired) electrons. The van der Waals surface area contributed by atoms with Crippen molar-refractivity contribution < 1.29 is 9.53 Å². The number of benzene rings is 2. The Morgan fingerprint density at radius 2 is 1.60 bits per heavy atom. The lowest BCUT2D eigenvalue weighted by atomic mass is 10.1. The van der Waals surface area contributed by atoms with Crippen LogP contribution in [0.25, 0.3) is 0 Å². The van der Waals surface area contributed by atoms with Crippen molar-refractivity contribution in [2.24, 2.45) is 0 Å². The molecule has 0 aromatic heterocycles. The van der Waals surface area contributed by atoms with Crippen LogP contribution in [0.2, 0.25) is 0 Å². The van der Waals surface area contributed by atoms with E-state index in [9.17, 15) is 4.79 Å². The van der Waals surface area contributed by atoms with Gasteiger partial charge in [-0.15, -0.1) is 0 Å². The molecule has 1 amide bonds. The van der Waals surface area contributed by atoms with Crippen LogP contribution in [0.4, 0.5) is 5.69 Å². The number of rotatable bonds is 5. The van der Waals surface area contributed by atoms with Crippen molar-refractivity contribution in [3.63, 3.8) is 0 Å². The largest absolute Gasteiger partial charge is 0.495 e. The number of para-hydroxylation sites is 2. The van der Waals surface area contributed by atoms with Crippen molar-refractivity contribution in [2.75, 3.05) is 38.2 Å². The van der Waals surface area contributed by atoms with Crippen molar-refractivity contribution in [2.45, 2.75) is 19.8 Å². The predicted octanol–water partition coefficient (Wildman–Crippen LogP) is 3.15. The van der Waals surface area contributed by atoms with Crippen LogP contribution in [0, 0.1) is 0 Å². The summed E-state index contributed by atoms with van der Waals surface area (Å²) in [6.45, 7) is 5.32. The first kappa shape index (κ1) is 17.3. The molecular formula is C21H26N2O2. The molecule has 0 bridgehead atoms. The summed E-state index contributed by atoms with van der Waals surface area (Å²) >= 11 is 0. The van der Waals surface area contributed by atoms with Gasteiger partial charge in [-0.2, -0.15) is 0 Å². The normalized spacial score (nSPS) is 14.5. The van der Waals surface area contributed by atoms with Crippen molar-refractivity contribution in [1.29, 1.82) is 0 Å². The highest BCUT2D eigenvalue weighted by Crippen LogP contribution is 2.28. The van der Waals surface area contributed by atoms with Gasteiger partial charge in [-0.3, -0.25) is 4.79 Å². The first-order valence-corrected chi connectivity index (χ1v) is 8.95. The zero-order valence-electron chi connectivity index (χ0n) is 15.1. The summed E-state index contributed by atoms with van der Waals surface area (Å²) in [7, 11) is 1.70. The lowest BCUT2D eigenvalue weighted by Gasteiger charge is -2.36. The van der Waals surface area contributed by atoms with E-state index in [2.05, 4.69) is 42.2 Å². The maximum atomic E-state index is 12.6. The van der Waals surface area contributed by atoms with Crippen molar-refractivity contribution in [3.05, 3.63) is 59.7 Å². The summed E-state index contributed by atoms with van der Waals surface area (Å²) in [6.07, 6.45) is 1.51. The molecule has 1 heterocycles. The molecule has 3 rings (SSSR count). The number of hydrogen-bond donors (Lipinski definition) is 0. The lowest BCUT2D eigenvalue weighted by Crippen LogP contribution is -2.49. The van der Waals surface area contributed by atoms with Gasteiger partial charge in [-0.25, -0.2) is 0 Å². The third-order valence-corrected chi connectivity index (χ3v) is 4.84. The second-order valence-electron chi connectivity index (χ2n) is 6.39. The van der Waals surface area contributed by atoms with E-state index in [0.29, 0.717) is 6.42 Å². The molecule has 4 nitrogen and oxygen atoms in total. The van der Waals surface area contributed by atoms with Gasteiger partial charge in [-0.05, 0) is 29.7 Å². The van der Waals surface area contributed by atoms with Gasteiger partial charge in [0.05, 0.1) is 19.2 Å². The molecule has 1 saturated heterocycles. The molecule has 1 aliphatic heterocycles. The highest BCUT2D eigenvalue weighted by molar-refractivity contribution is 5.79. The summed E-state index contributed by atoms with van der Waals surface area (Å²) in [4.78, 5) is 16.8. The fourth-order valence-electron chi connectivity index (χ4n) is 3.27. The minimum absolute atomic E-state index is 0.212. The first-order valence-electron chi connectivity index (χ1n) is 8.95. The van der Waals surface area contributed by atoms with E-state index in [4.69, 9.17) is 4.74 Å². The second kappa shape index (κ2) is 8.06. The number of amides is 1. The summed E-state index contributed by atoms with van der Waals surface area (Å²) in [5, 5.41) is 0. The van der Waals surface area contributed by atoms with Crippen molar-refractivity contribution in [1.82, 2.24) is 4.90 Å². The summed E-state index contributed by atoms with van der Waals surface area (Å²) < 4.78 is 5.45. The van der Waals surface area contributed by atoms with Crippen LogP contribution < -0.4 is 9.64 Å². The zero-order valence-corrected chi connectivity index (χ0v) is 15.1. The third kappa shape index (κ3) is 4.13. The van der Waals surface area contributed by atoms with Crippen LogP contribution in [0.3, 0.4) is 0 Å². The van der Waals surface area contributed by atoms with E-state index in [1.165, 1.54) is 5.56 Å². The number of carbonyl (C=O) groups is 1. The molecular weight excluding hydrogens is 312 g/mol. The smallest absolute Gasteiger partial charge is 0.227 e. The Morgan fingerprint density at radius 3 is 2.24 bits per heavy atom. The van der Waals surface area contributed by atoms with E-state index in [-0.39, 0.29) is 5.91 Å². The number of hydrogen-bond acceptors (Lipinski definition) is 3. The second-order valence-corrected chi connectivity index (χ2v) is 6.39. The molecule has 25 heavy (non-hydrogen) atoms. The number of piperazine rings is 1. The Bertz CT molecular complexity index is 704. The fraction of sp³-hybridized carbons (Fsp3) is 0.381. The van der Waals surface area contributed by atoms with Gasteiger partial charge in [0.15, 0.2) is 0 Å².